The zero-order valence-corrected chi connectivity index (χ0v) is 13.0. The minimum absolute atomic E-state index is 0.170. The van der Waals surface area contributed by atoms with Crippen LogP contribution in [0.5, 0.6) is 0 Å². The van der Waals surface area contributed by atoms with Gasteiger partial charge in [0.25, 0.3) is 5.56 Å². The van der Waals surface area contributed by atoms with Crippen LogP contribution in [0.1, 0.15) is 11.4 Å². The lowest BCUT2D eigenvalue weighted by atomic mass is 10.1. The highest BCUT2D eigenvalue weighted by Crippen LogP contribution is 2.12. The Morgan fingerprint density at radius 3 is 2.83 bits per heavy atom. The summed E-state index contributed by atoms with van der Waals surface area (Å²) in [5, 5.41) is 5.92. The van der Waals surface area contributed by atoms with E-state index >= 15 is 0 Å². The van der Waals surface area contributed by atoms with Gasteiger partial charge in [-0.15, -0.1) is 0 Å². The van der Waals surface area contributed by atoms with E-state index < -0.39 is 0 Å². The largest absolute Gasteiger partial charge is 0.282 e. The van der Waals surface area contributed by atoms with Crippen molar-refractivity contribution in [1.82, 2.24) is 14.6 Å². The second-order valence-corrected chi connectivity index (χ2v) is 5.49. The number of hydrogen-bond acceptors (Lipinski definition) is 4. The van der Waals surface area contributed by atoms with Crippen LogP contribution < -0.4 is 5.56 Å². The van der Waals surface area contributed by atoms with Crippen molar-refractivity contribution in [3.63, 3.8) is 0 Å². The van der Waals surface area contributed by atoms with Gasteiger partial charge < -0.3 is 0 Å². The van der Waals surface area contributed by atoms with E-state index in [1.807, 2.05) is 48.5 Å². The highest BCUT2D eigenvalue weighted by molar-refractivity contribution is 5.88. The summed E-state index contributed by atoms with van der Waals surface area (Å²) in [4.78, 5) is 21.3. The third-order valence-corrected chi connectivity index (χ3v) is 3.86. The van der Waals surface area contributed by atoms with Crippen LogP contribution in [0.25, 0.3) is 21.8 Å². The number of aryl methyl sites for hydroxylation is 1. The van der Waals surface area contributed by atoms with Crippen molar-refractivity contribution < 1.29 is 0 Å². The van der Waals surface area contributed by atoms with Crippen molar-refractivity contribution in [2.24, 2.45) is 5.10 Å². The quantitative estimate of drug-likeness (QED) is 0.534. The fourth-order valence-electron chi connectivity index (χ4n) is 2.67. The molecule has 0 N–H and O–H groups in total. The summed E-state index contributed by atoms with van der Waals surface area (Å²) in [6, 6.07) is 17.0. The number of nitrogens with zero attached hydrogens (tertiary/aromatic N) is 4. The number of para-hydroxylation sites is 1. The van der Waals surface area contributed by atoms with Gasteiger partial charge in [0.05, 0.1) is 22.6 Å². The van der Waals surface area contributed by atoms with Crippen LogP contribution in [0.15, 0.2) is 70.7 Å². The summed E-state index contributed by atoms with van der Waals surface area (Å²) in [5.74, 6) is 0.553. The molecule has 2 heterocycles. The van der Waals surface area contributed by atoms with Crippen LogP contribution in [0.3, 0.4) is 0 Å². The summed E-state index contributed by atoms with van der Waals surface area (Å²) in [6.07, 6.45) is 3.43. The van der Waals surface area contributed by atoms with E-state index in [-0.39, 0.29) is 5.56 Å². The SMILES string of the molecule is Cc1nc2ccccc2c(=O)n1/N=C\c1ccc2ncccc2c1. The molecule has 0 fully saturated rings. The molecule has 0 saturated carbocycles. The van der Waals surface area contributed by atoms with Gasteiger partial charge in [0.15, 0.2) is 0 Å². The predicted octanol–water partition coefficient (Wildman–Crippen LogP) is 3.14. The lowest BCUT2D eigenvalue weighted by molar-refractivity contribution is 0.771. The lowest BCUT2D eigenvalue weighted by Crippen LogP contribution is -2.20. The first-order valence-electron chi connectivity index (χ1n) is 7.60. The molecule has 0 spiro atoms. The van der Waals surface area contributed by atoms with Crippen molar-refractivity contribution in [3.05, 3.63) is 82.5 Å². The Bertz CT molecular complexity index is 1140. The molecule has 2 aromatic carbocycles. The first-order valence-corrected chi connectivity index (χ1v) is 7.60. The molecule has 0 unspecified atom stereocenters. The molecule has 0 aliphatic heterocycles. The molecule has 5 nitrogen and oxygen atoms in total. The number of hydrogen-bond donors (Lipinski definition) is 0. The van der Waals surface area contributed by atoms with Gasteiger partial charge in [-0.25, -0.2) is 4.98 Å². The molecule has 0 atom stereocenters. The van der Waals surface area contributed by atoms with E-state index in [9.17, 15) is 4.79 Å². The Balaban J connectivity index is 1.80. The number of aromatic nitrogens is 3. The van der Waals surface area contributed by atoms with Crippen LogP contribution in [0, 0.1) is 6.92 Å². The molecule has 4 rings (SSSR count). The molecular weight excluding hydrogens is 300 g/mol. The van der Waals surface area contributed by atoms with Gasteiger partial charge in [0.1, 0.15) is 5.82 Å². The average molecular weight is 314 g/mol. The van der Waals surface area contributed by atoms with Gasteiger partial charge in [-0.2, -0.15) is 9.78 Å². The van der Waals surface area contributed by atoms with Crippen molar-refractivity contribution in [2.75, 3.05) is 0 Å². The maximum atomic E-state index is 12.6. The van der Waals surface area contributed by atoms with Crippen LogP contribution in [0.4, 0.5) is 0 Å². The summed E-state index contributed by atoms with van der Waals surface area (Å²) in [6.45, 7) is 1.77. The van der Waals surface area contributed by atoms with Crippen molar-refractivity contribution >= 4 is 28.0 Å². The first kappa shape index (κ1) is 14.3. The van der Waals surface area contributed by atoms with Gasteiger partial charge in [-0.05, 0) is 42.8 Å². The summed E-state index contributed by atoms with van der Waals surface area (Å²) in [5.41, 5.74) is 2.34. The Morgan fingerprint density at radius 1 is 1.04 bits per heavy atom. The standard InChI is InChI=1S/C19H14N4O/c1-13-22-18-7-3-2-6-16(18)19(24)23(13)21-12-14-8-9-17-15(11-14)5-4-10-20-17/h2-12H,1H3/b21-12-. The Hall–Kier alpha value is -3.34. The normalized spacial score (nSPS) is 11.5. The van der Waals surface area contributed by atoms with E-state index in [1.165, 1.54) is 4.68 Å². The Labute approximate surface area is 137 Å². The van der Waals surface area contributed by atoms with Crippen LogP contribution in [-0.2, 0) is 0 Å². The zero-order chi connectivity index (χ0) is 16.5. The van der Waals surface area contributed by atoms with E-state index in [0.29, 0.717) is 16.7 Å². The van der Waals surface area contributed by atoms with E-state index in [2.05, 4.69) is 15.1 Å². The Kier molecular flexibility index (Phi) is 3.39. The second kappa shape index (κ2) is 5.70. The highest BCUT2D eigenvalue weighted by Gasteiger charge is 2.06. The van der Waals surface area contributed by atoms with Gasteiger partial charge in [-0.1, -0.05) is 24.3 Å². The van der Waals surface area contributed by atoms with E-state index in [1.54, 1.807) is 25.4 Å². The smallest absolute Gasteiger partial charge is 0.267 e. The molecule has 116 valence electrons. The lowest BCUT2D eigenvalue weighted by Gasteiger charge is -2.05. The van der Waals surface area contributed by atoms with Gasteiger partial charge in [-0.3, -0.25) is 9.78 Å². The fraction of sp³-hybridized carbons (Fsp3) is 0.0526. The zero-order valence-electron chi connectivity index (χ0n) is 13.0. The molecule has 0 aliphatic rings. The van der Waals surface area contributed by atoms with Crippen LogP contribution in [0.2, 0.25) is 0 Å². The van der Waals surface area contributed by atoms with Crippen LogP contribution in [-0.4, -0.2) is 20.9 Å². The summed E-state index contributed by atoms with van der Waals surface area (Å²) < 4.78 is 1.33. The monoisotopic (exact) mass is 314 g/mol. The number of fused-ring (bicyclic) bond motifs is 2. The maximum Gasteiger partial charge on any atom is 0.282 e. The minimum Gasteiger partial charge on any atom is -0.267 e. The van der Waals surface area contributed by atoms with E-state index in [4.69, 9.17) is 0 Å². The van der Waals surface area contributed by atoms with Gasteiger partial charge >= 0.3 is 0 Å². The molecule has 0 bridgehead atoms. The molecule has 0 amide bonds. The van der Waals surface area contributed by atoms with Crippen molar-refractivity contribution in [1.29, 1.82) is 0 Å². The fourth-order valence-corrected chi connectivity index (χ4v) is 2.67. The van der Waals surface area contributed by atoms with Crippen LogP contribution >= 0.6 is 0 Å². The number of rotatable bonds is 2. The second-order valence-electron chi connectivity index (χ2n) is 5.49. The molecule has 5 heteroatoms. The average Bonchev–Trinajstić information content (AvgIpc) is 2.61. The molecule has 0 radical (unpaired) electrons. The molecule has 0 aliphatic carbocycles. The predicted molar refractivity (Wildman–Crippen MR) is 95.5 cm³/mol. The number of benzene rings is 2. The third kappa shape index (κ3) is 2.46. The summed E-state index contributed by atoms with van der Waals surface area (Å²) >= 11 is 0. The molecule has 2 aromatic heterocycles. The summed E-state index contributed by atoms with van der Waals surface area (Å²) in [7, 11) is 0. The minimum atomic E-state index is -0.170. The Morgan fingerprint density at radius 2 is 1.92 bits per heavy atom. The van der Waals surface area contributed by atoms with Crippen molar-refractivity contribution in [2.45, 2.75) is 6.92 Å². The molecular formula is C19H14N4O. The van der Waals surface area contributed by atoms with Crippen molar-refractivity contribution in [3.8, 4) is 0 Å². The van der Waals surface area contributed by atoms with E-state index in [0.717, 1.165) is 16.5 Å². The third-order valence-electron chi connectivity index (χ3n) is 3.86. The first-order chi connectivity index (χ1) is 11.7. The van der Waals surface area contributed by atoms with Gasteiger partial charge in [0, 0.05) is 11.6 Å². The topological polar surface area (TPSA) is 60.1 Å². The molecule has 24 heavy (non-hydrogen) atoms. The molecule has 0 saturated heterocycles. The number of pyridine rings is 1. The van der Waals surface area contributed by atoms with Gasteiger partial charge in [0.2, 0.25) is 0 Å². The molecule has 4 aromatic rings. The highest BCUT2D eigenvalue weighted by atomic mass is 16.1. The maximum absolute atomic E-state index is 12.6.